The van der Waals surface area contributed by atoms with Crippen LogP contribution in [0.4, 0.5) is 23.1 Å². The number of aryl methyl sites for hydroxylation is 1. The lowest BCUT2D eigenvalue weighted by molar-refractivity contribution is -0.383. The molecule has 0 aliphatic heterocycles. The number of pyridine rings is 1. The molecular formula is C13H14N6O2. The quantitative estimate of drug-likeness (QED) is 0.477. The van der Waals surface area contributed by atoms with Crippen LogP contribution in [0.3, 0.4) is 0 Å². The Balaban J connectivity index is 2.38. The summed E-state index contributed by atoms with van der Waals surface area (Å²) >= 11 is 0. The fraction of sp³-hybridized carbons (Fsp3) is 0.154. The lowest BCUT2D eigenvalue weighted by Gasteiger charge is -2.08. The molecule has 0 spiro atoms. The summed E-state index contributed by atoms with van der Waals surface area (Å²) in [5.74, 6) is 0.691. The molecule has 8 nitrogen and oxygen atoms in total. The number of anilines is 3. The Bertz CT molecular complexity index is 673. The van der Waals surface area contributed by atoms with Gasteiger partial charge in [0.2, 0.25) is 11.6 Å². The van der Waals surface area contributed by atoms with Crippen molar-refractivity contribution in [1.82, 2.24) is 15.0 Å². The Kier molecular flexibility index (Phi) is 4.39. The number of nitrogens with zero attached hydrogens (tertiary/aromatic N) is 4. The first kappa shape index (κ1) is 14.4. The number of nitrogens with one attached hydrogen (secondary N) is 2. The first-order valence-electron chi connectivity index (χ1n) is 6.15. The molecule has 2 N–H and O–H groups in total. The Morgan fingerprint density at radius 2 is 2.14 bits per heavy atom. The molecule has 0 atom stereocenters. The summed E-state index contributed by atoms with van der Waals surface area (Å²) in [4.78, 5) is 22.6. The maximum Gasteiger partial charge on any atom is 0.353 e. The third kappa shape index (κ3) is 3.50. The maximum absolute atomic E-state index is 11.3. The Morgan fingerprint density at radius 1 is 1.38 bits per heavy atom. The zero-order valence-corrected chi connectivity index (χ0v) is 11.4. The highest BCUT2D eigenvalue weighted by Crippen LogP contribution is 2.30. The number of hydrogen-bond donors (Lipinski definition) is 2. The van der Waals surface area contributed by atoms with E-state index in [1.54, 1.807) is 18.3 Å². The largest absolute Gasteiger partial charge is 0.361 e. The first-order valence-corrected chi connectivity index (χ1v) is 6.15. The van der Waals surface area contributed by atoms with E-state index < -0.39 is 4.92 Å². The molecule has 0 saturated heterocycles. The van der Waals surface area contributed by atoms with Crippen molar-refractivity contribution in [1.29, 1.82) is 0 Å². The van der Waals surface area contributed by atoms with E-state index in [0.29, 0.717) is 12.4 Å². The van der Waals surface area contributed by atoms with Crippen LogP contribution in [0.15, 0.2) is 37.3 Å². The molecule has 0 bridgehead atoms. The van der Waals surface area contributed by atoms with Crippen molar-refractivity contribution in [2.24, 2.45) is 0 Å². The second-order valence-electron chi connectivity index (χ2n) is 4.19. The van der Waals surface area contributed by atoms with Gasteiger partial charge in [-0.3, -0.25) is 10.1 Å². The third-order valence-corrected chi connectivity index (χ3v) is 2.58. The van der Waals surface area contributed by atoms with Crippen LogP contribution in [0.1, 0.15) is 5.56 Å². The molecular weight excluding hydrogens is 272 g/mol. The van der Waals surface area contributed by atoms with Gasteiger partial charge in [-0.1, -0.05) is 6.08 Å². The summed E-state index contributed by atoms with van der Waals surface area (Å²) in [6.07, 6.45) is 4.44. The molecule has 2 rings (SSSR count). The Morgan fingerprint density at radius 3 is 2.81 bits per heavy atom. The van der Waals surface area contributed by atoms with Crippen LogP contribution in [-0.4, -0.2) is 26.4 Å². The van der Waals surface area contributed by atoms with Crippen molar-refractivity contribution in [2.45, 2.75) is 6.92 Å². The van der Waals surface area contributed by atoms with Crippen molar-refractivity contribution < 1.29 is 4.92 Å². The Hall–Kier alpha value is -3.03. The molecule has 108 valence electrons. The molecule has 0 radical (unpaired) electrons. The van der Waals surface area contributed by atoms with Crippen LogP contribution in [-0.2, 0) is 0 Å². The van der Waals surface area contributed by atoms with Crippen LogP contribution < -0.4 is 10.6 Å². The molecule has 2 aromatic rings. The SMILES string of the molecule is C=CCNc1ncnc(Nc2cc(C)ccn2)c1[N+](=O)[O-]. The molecule has 0 saturated carbocycles. The van der Waals surface area contributed by atoms with E-state index in [0.717, 1.165) is 5.56 Å². The van der Waals surface area contributed by atoms with E-state index in [2.05, 4.69) is 32.2 Å². The van der Waals surface area contributed by atoms with Gasteiger partial charge in [0.05, 0.1) is 4.92 Å². The smallest absolute Gasteiger partial charge is 0.353 e. The van der Waals surface area contributed by atoms with Crippen LogP contribution in [0.2, 0.25) is 0 Å². The summed E-state index contributed by atoms with van der Waals surface area (Å²) in [5.41, 5.74) is 0.747. The molecule has 2 aromatic heterocycles. The minimum atomic E-state index is -0.538. The Labute approximate surface area is 121 Å². The van der Waals surface area contributed by atoms with Gasteiger partial charge in [0.15, 0.2) is 0 Å². The monoisotopic (exact) mass is 286 g/mol. The van der Waals surface area contributed by atoms with Crippen molar-refractivity contribution in [3.05, 3.63) is 53.0 Å². The number of nitro groups is 1. The molecule has 2 heterocycles. The van der Waals surface area contributed by atoms with Gasteiger partial charge in [0.1, 0.15) is 12.1 Å². The molecule has 0 aliphatic rings. The molecule has 0 fully saturated rings. The van der Waals surface area contributed by atoms with Gasteiger partial charge in [-0.2, -0.15) is 0 Å². The van der Waals surface area contributed by atoms with Crippen molar-refractivity contribution in [3.63, 3.8) is 0 Å². The molecule has 8 heteroatoms. The first-order chi connectivity index (χ1) is 10.1. The van der Waals surface area contributed by atoms with Crippen LogP contribution in [0.25, 0.3) is 0 Å². The fourth-order valence-electron chi connectivity index (χ4n) is 1.67. The minimum absolute atomic E-state index is 0.0830. The van der Waals surface area contributed by atoms with Crippen LogP contribution in [0, 0.1) is 17.0 Å². The number of rotatable bonds is 6. The van der Waals surface area contributed by atoms with Gasteiger partial charge in [-0.15, -0.1) is 6.58 Å². The van der Waals surface area contributed by atoms with Crippen molar-refractivity contribution in [2.75, 3.05) is 17.2 Å². The fourth-order valence-corrected chi connectivity index (χ4v) is 1.67. The zero-order valence-electron chi connectivity index (χ0n) is 11.4. The standard InChI is InChI=1S/C13H14N6O2/c1-3-5-15-12-11(19(20)21)13(17-8-16-12)18-10-7-9(2)4-6-14-10/h3-4,6-8H,1,5H2,2H3,(H2,14,15,16,17,18). The van der Waals surface area contributed by atoms with Gasteiger partial charge in [-0.05, 0) is 24.6 Å². The number of aromatic nitrogens is 3. The van der Waals surface area contributed by atoms with Gasteiger partial charge >= 0.3 is 5.69 Å². The lowest BCUT2D eigenvalue weighted by Crippen LogP contribution is -2.08. The van der Waals surface area contributed by atoms with E-state index in [-0.39, 0.29) is 17.3 Å². The molecule has 0 amide bonds. The molecule has 0 aromatic carbocycles. The number of hydrogen-bond acceptors (Lipinski definition) is 7. The predicted octanol–water partition coefficient (Wildman–Crippen LogP) is 2.43. The molecule has 0 unspecified atom stereocenters. The maximum atomic E-state index is 11.3. The summed E-state index contributed by atoms with van der Waals surface area (Å²) < 4.78 is 0. The van der Waals surface area contributed by atoms with E-state index in [9.17, 15) is 10.1 Å². The lowest BCUT2D eigenvalue weighted by atomic mass is 10.3. The average molecular weight is 286 g/mol. The highest BCUT2D eigenvalue weighted by atomic mass is 16.6. The van der Waals surface area contributed by atoms with Crippen molar-refractivity contribution >= 4 is 23.1 Å². The van der Waals surface area contributed by atoms with Gasteiger partial charge in [0, 0.05) is 12.7 Å². The predicted molar refractivity (Wildman–Crippen MR) is 79.6 cm³/mol. The van der Waals surface area contributed by atoms with Crippen LogP contribution in [0.5, 0.6) is 0 Å². The molecule has 21 heavy (non-hydrogen) atoms. The molecule has 0 aliphatic carbocycles. The van der Waals surface area contributed by atoms with Gasteiger partial charge in [-0.25, -0.2) is 15.0 Å². The van der Waals surface area contributed by atoms with E-state index in [4.69, 9.17) is 0 Å². The van der Waals surface area contributed by atoms with Gasteiger partial charge in [0.25, 0.3) is 0 Å². The van der Waals surface area contributed by atoms with Crippen molar-refractivity contribution in [3.8, 4) is 0 Å². The van der Waals surface area contributed by atoms with Gasteiger partial charge < -0.3 is 10.6 Å². The average Bonchev–Trinajstić information content (AvgIpc) is 2.45. The van der Waals surface area contributed by atoms with Crippen LogP contribution >= 0.6 is 0 Å². The summed E-state index contributed by atoms with van der Waals surface area (Å²) in [5, 5.41) is 16.9. The highest BCUT2D eigenvalue weighted by Gasteiger charge is 2.22. The second kappa shape index (κ2) is 6.42. The third-order valence-electron chi connectivity index (χ3n) is 2.58. The summed E-state index contributed by atoms with van der Waals surface area (Å²) in [7, 11) is 0. The minimum Gasteiger partial charge on any atom is -0.361 e. The van der Waals surface area contributed by atoms with E-state index >= 15 is 0 Å². The highest BCUT2D eigenvalue weighted by molar-refractivity contribution is 5.72. The summed E-state index contributed by atoms with van der Waals surface area (Å²) in [6.45, 7) is 5.81. The van der Waals surface area contributed by atoms with E-state index in [1.807, 2.05) is 13.0 Å². The zero-order chi connectivity index (χ0) is 15.2. The second-order valence-corrected chi connectivity index (χ2v) is 4.19. The van der Waals surface area contributed by atoms with E-state index in [1.165, 1.54) is 6.33 Å². The topological polar surface area (TPSA) is 106 Å². The normalized spacial score (nSPS) is 9.95. The summed E-state index contributed by atoms with van der Waals surface area (Å²) in [6, 6.07) is 3.60.